The van der Waals surface area contributed by atoms with E-state index in [1.807, 2.05) is 0 Å². The van der Waals surface area contributed by atoms with Crippen LogP contribution in [0.15, 0.2) is 11.8 Å². The molecule has 13 heavy (non-hydrogen) atoms. The van der Waals surface area contributed by atoms with E-state index in [2.05, 4.69) is 4.74 Å². The van der Waals surface area contributed by atoms with Crippen LogP contribution in [0, 0.1) is 0 Å². The lowest BCUT2D eigenvalue weighted by Crippen LogP contribution is -2.43. The molecule has 4 atom stereocenters. The van der Waals surface area contributed by atoms with Gasteiger partial charge in [-0.1, -0.05) is 0 Å². The third-order valence-electron chi connectivity index (χ3n) is 1.74. The van der Waals surface area contributed by atoms with Gasteiger partial charge in [0.2, 0.25) is 6.29 Å². The highest BCUT2D eigenvalue weighted by Crippen LogP contribution is 2.18. The summed E-state index contributed by atoms with van der Waals surface area (Å²) in [7, 11) is 0. The molecule has 0 aliphatic carbocycles. The van der Waals surface area contributed by atoms with Gasteiger partial charge < -0.3 is 30.3 Å². The van der Waals surface area contributed by atoms with Crippen LogP contribution < -0.4 is 0 Å². The molecule has 0 radical (unpaired) electrons. The van der Waals surface area contributed by atoms with Crippen molar-refractivity contribution in [2.75, 3.05) is 6.61 Å². The average Bonchev–Trinajstić information content (AvgIpc) is 2.12. The Hall–Kier alpha value is -0.660. The lowest BCUT2D eigenvalue weighted by Gasteiger charge is -2.29. The first-order valence-electron chi connectivity index (χ1n) is 3.77. The summed E-state index contributed by atoms with van der Waals surface area (Å²) in [6.45, 7) is -0.582. The van der Waals surface area contributed by atoms with E-state index >= 15 is 0 Å². The highest BCUT2D eigenvalue weighted by molar-refractivity contribution is 5.09. The van der Waals surface area contributed by atoms with E-state index in [0.29, 0.717) is 0 Å². The number of aliphatic hydroxyl groups is 5. The van der Waals surface area contributed by atoms with Crippen molar-refractivity contribution in [2.24, 2.45) is 0 Å². The van der Waals surface area contributed by atoms with Crippen LogP contribution in [0.4, 0.5) is 0 Å². The number of rotatable bonds is 2. The minimum atomic E-state index is -1.59. The fourth-order valence-corrected chi connectivity index (χ4v) is 0.964. The second-order valence-corrected chi connectivity index (χ2v) is 2.76. The molecule has 0 fully saturated rings. The molecule has 0 amide bonds. The van der Waals surface area contributed by atoms with Crippen LogP contribution in [0.3, 0.4) is 0 Å². The Morgan fingerprint density at radius 3 is 2.46 bits per heavy atom. The summed E-state index contributed by atoms with van der Waals surface area (Å²) in [5.41, 5.74) is 0. The molecule has 0 aromatic carbocycles. The molecule has 0 saturated heterocycles. The summed E-state index contributed by atoms with van der Waals surface area (Å²) in [6.07, 6.45) is -4.58. The maximum Gasteiger partial charge on any atom is 0.226 e. The van der Waals surface area contributed by atoms with Gasteiger partial charge >= 0.3 is 0 Å². The Labute approximate surface area is 74.3 Å². The Kier molecular flexibility index (Phi) is 3.23. The van der Waals surface area contributed by atoms with Gasteiger partial charge in [-0.3, -0.25) is 0 Å². The maximum absolute atomic E-state index is 9.10. The SMILES string of the molecule is OCC(O)C1=CC(O)C(O)C(O)O1. The van der Waals surface area contributed by atoms with Crippen molar-refractivity contribution in [3.63, 3.8) is 0 Å². The fraction of sp³-hybridized carbons (Fsp3) is 0.714. The first-order chi connectivity index (χ1) is 6.06. The number of hydrogen-bond donors (Lipinski definition) is 5. The van der Waals surface area contributed by atoms with E-state index in [1.165, 1.54) is 0 Å². The predicted octanol–water partition coefficient (Wildman–Crippen LogP) is -2.71. The van der Waals surface area contributed by atoms with Gasteiger partial charge in [-0.05, 0) is 6.08 Å². The van der Waals surface area contributed by atoms with Crippen LogP contribution >= 0.6 is 0 Å². The van der Waals surface area contributed by atoms with Gasteiger partial charge in [0.15, 0.2) is 0 Å². The smallest absolute Gasteiger partial charge is 0.226 e. The van der Waals surface area contributed by atoms with Crippen molar-refractivity contribution in [1.29, 1.82) is 0 Å². The molecule has 6 nitrogen and oxygen atoms in total. The lowest BCUT2D eigenvalue weighted by atomic mass is 10.1. The summed E-state index contributed by atoms with van der Waals surface area (Å²) in [5.74, 6) is -0.146. The van der Waals surface area contributed by atoms with Crippen LogP contribution in [-0.4, -0.2) is 56.7 Å². The largest absolute Gasteiger partial charge is 0.464 e. The first-order valence-corrected chi connectivity index (χ1v) is 3.77. The molecule has 1 aliphatic heterocycles. The zero-order valence-corrected chi connectivity index (χ0v) is 6.74. The van der Waals surface area contributed by atoms with E-state index < -0.39 is 31.2 Å². The minimum absolute atomic E-state index is 0.146. The molecule has 6 heteroatoms. The molecule has 0 saturated carbocycles. The quantitative estimate of drug-likeness (QED) is 0.325. The molecule has 76 valence electrons. The third kappa shape index (κ3) is 2.17. The first kappa shape index (κ1) is 10.4. The van der Waals surface area contributed by atoms with Crippen molar-refractivity contribution in [1.82, 2.24) is 0 Å². The highest BCUT2D eigenvalue weighted by Gasteiger charge is 2.32. The summed E-state index contributed by atoms with van der Waals surface area (Å²) in [4.78, 5) is 0. The van der Waals surface area contributed by atoms with Crippen molar-refractivity contribution in [3.05, 3.63) is 11.8 Å². The van der Waals surface area contributed by atoms with Gasteiger partial charge in [0.05, 0.1) is 6.61 Å². The molecular weight excluding hydrogens is 180 g/mol. The standard InChI is InChI=1S/C7H12O6/c8-2-4(10)5-1-3(9)6(11)7(12)13-5/h1,3-4,6-12H,2H2. The third-order valence-corrected chi connectivity index (χ3v) is 1.74. The zero-order chi connectivity index (χ0) is 10.0. The molecule has 1 aliphatic rings. The van der Waals surface area contributed by atoms with Crippen LogP contribution in [0.25, 0.3) is 0 Å². The van der Waals surface area contributed by atoms with Crippen molar-refractivity contribution >= 4 is 0 Å². The van der Waals surface area contributed by atoms with E-state index in [1.54, 1.807) is 0 Å². The molecule has 0 spiro atoms. The van der Waals surface area contributed by atoms with Gasteiger partial charge in [0, 0.05) is 0 Å². The topological polar surface area (TPSA) is 110 Å². The average molecular weight is 192 g/mol. The van der Waals surface area contributed by atoms with Crippen LogP contribution in [0.5, 0.6) is 0 Å². The predicted molar refractivity (Wildman–Crippen MR) is 40.3 cm³/mol. The summed E-state index contributed by atoms with van der Waals surface area (Å²) >= 11 is 0. The fourth-order valence-electron chi connectivity index (χ4n) is 0.964. The van der Waals surface area contributed by atoms with Crippen LogP contribution in [0.2, 0.25) is 0 Å². The van der Waals surface area contributed by atoms with Crippen molar-refractivity contribution < 1.29 is 30.3 Å². The summed E-state index contributed by atoms with van der Waals surface area (Å²) < 4.78 is 4.62. The molecule has 1 rings (SSSR count). The lowest BCUT2D eigenvalue weighted by molar-refractivity contribution is -0.183. The summed E-state index contributed by atoms with van der Waals surface area (Å²) in [6, 6.07) is 0. The number of hydrogen-bond acceptors (Lipinski definition) is 6. The Morgan fingerprint density at radius 1 is 1.38 bits per heavy atom. The van der Waals surface area contributed by atoms with Gasteiger partial charge in [-0.25, -0.2) is 0 Å². The van der Waals surface area contributed by atoms with E-state index in [9.17, 15) is 0 Å². The summed E-state index contributed by atoms with van der Waals surface area (Å²) in [5, 5.41) is 44.7. The van der Waals surface area contributed by atoms with Gasteiger partial charge in [-0.2, -0.15) is 0 Å². The van der Waals surface area contributed by atoms with Crippen LogP contribution in [0.1, 0.15) is 0 Å². The Bertz CT molecular complexity index is 203. The molecule has 0 bridgehead atoms. The number of aliphatic hydroxyl groups excluding tert-OH is 5. The second-order valence-electron chi connectivity index (χ2n) is 2.76. The molecule has 1 heterocycles. The van der Waals surface area contributed by atoms with Gasteiger partial charge in [-0.15, -0.1) is 0 Å². The molecule has 4 unspecified atom stereocenters. The van der Waals surface area contributed by atoms with Gasteiger partial charge in [0.25, 0.3) is 0 Å². The molecule has 0 aromatic heterocycles. The van der Waals surface area contributed by atoms with E-state index in [4.69, 9.17) is 25.5 Å². The second kappa shape index (κ2) is 4.03. The molecule has 0 aromatic rings. The van der Waals surface area contributed by atoms with Crippen LogP contribution in [-0.2, 0) is 4.74 Å². The zero-order valence-electron chi connectivity index (χ0n) is 6.74. The Balaban J connectivity index is 2.72. The minimum Gasteiger partial charge on any atom is -0.464 e. The normalized spacial score (nSPS) is 36.4. The maximum atomic E-state index is 9.10. The molecule has 5 N–H and O–H groups in total. The number of ether oxygens (including phenoxy) is 1. The Morgan fingerprint density at radius 2 is 2.00 bits per heavy atom. The van der Waals surface area contributed by atoms with E-state index in [-0.39, 0.29) is 5.76 Å². The van der Waals surface area contributed by atoms with Crippen molar-refractivity contribution in [3.8, 4) is 0 Å². The molecular formula is C7H12O6. The van der Waals surface area contributed by atoms with Crippen molar-refractivity contribution in [2.45, 2.75) is 24.6 Å². The van der Waals surface area contributed by atoms with Gasteiger partial charge in [0.1, 0.15) is 24.1 Å². The van der Waals surface area contributed by atoms with E-state index in [0.717, 1.165) is 6.08 Å². The highest BCUT2D eigenvalue weighted by atomic mass is 16.6. The monoisotopic (exact) mass is 192 g/mol.